The van der Waals surface area contributed by atoms with Crippen LogP contribution in [-0.2, 0) is 0 Å². The van der Waals surface area contributed by atoms with Crippen molar-refractivity contribution >= 4 is 0 Å². The Labute approximate surface area is 113 Å². The molecule has 0 radical (unpaired) electrons. The number of likely N-dealkylation sites (tertiary alicyclic amines) is 1. The molecule has 18 heavy (non-hydrogen) atoms. The van der Waals surface area contributed by atoms with Gasteiger partial charge in [-0.05, 0) is 50.5 Å². The molecule has 2 N–H and O–H groups in total. The van der Waals surface area contributed by atoms with Crippen LogP contribution in [0.15, 0.2) is 0 Å². The van der Waals surface area contributed by atoms with Crippen molar-refractivity contribution < 1.29 is 0 Å². The molecule has 1 heterocycles. The fraction of sp³-hybridized carbons (Fsp3) is 1.00. The van der Waals surface area contributed by atoms with E-state index in [4.69, 9.17) is 5.73 Å². The Balaban J connectivity index is 1.74. The second kappa shape index (κ2) is 7.49. The second-order valence-electron chi connectivity index (χ2n) is 6.62. The van der Waals surface area contributed by atoms with Gasteiger partial charge in [-0.25, -0.2) is 0 Å². The van der Waals surface area contributed by atoms with Crippen LogP contribution in [0.1, 0.15) is 64.7 Å². The second-order valence-corrected chi connectivity index (χ2v) is 6.62. The molecule has 2 rings (SSSR count). The van der Waals surface area contributed by atoms with E-state index < -0.39 is 0 Å². The number of unbranched alkanes of at least 4 members (excludes halogenated alkanes) is 1. The average Bonchev–Trinajstić information content (AvgIpc) is 2.40. The summed E-state index contributed by atoms with van der Waals surface area (Å²) in [6.07, 6.45) is 12.5. The highest BCUT2D eigenvalue weighted by molar-refractivity contribution is 4.82. The highest BCUT2D eigenvalue weighted by Gasteiger charge is 2.26. The van der Waals surface area contributed by atoms with Crippen molar-refractivity contribution in [1.82, 2.24) is 4.90 Å². The quantitative estimate of drug-likeness (QED) is 0.812. The van der Waals surface area contributed by atoms with Crippen LogP contribution in [0.2, 0.25) is 0 Å². The number of hydrogen-bond acceptors (Lipinski definition) is 2. The van der Waals surface area contributed by atoms with Gasteiger partial charge in [0.25, 0.3) is 0 Å². The molecule has 0 aromatic rings. The maximum Gasteiger partial charge on any atom is 0.00793 e. The van der Waals surface area contributed by atoms with Crippen molar-refractivity contribution in [2.24, 2.45) is 17.6 Å². The molecule has 1 unspecified atom stereocenters. The number of nitrogens with zero attached hydrogens (tertiary/aromatic N) is 1. The SMILES string of the molecule is CCCCC1CCCN(C[C@H]2CCCC[C@H]2N)C1. The van der Waals surface area contributed by atoms with Gasteiger partial charge in [0.05, 0.1) is 0 Å². The van der Waals surface area contributed by atoms with Crippen LogP contribution in [0.3, 0.4) is 0 Å². The van der Waals surface area contributed by atoms with Gasteiger partial charge >= 0.3 is 0 Å². The van der Waals surface area contributed by atoms with E-state index in [9.17, 15) is 0 Å². The zero-order valence-corrected chi connectivity index (χ0v) is 12.2. The van der Waals surface area contributed by atoms with E-state index in [0.29, 0.717) is 6.04 Å². The molecular formula is C16H32N2. The summed E-state index contributed by atoms with van der Waals surface area (Å²) in [6.45, 7) is 6.26. The predicted molar refractivity (Wildman–Crippen MR) is 78.6 cm³/mol. The minimum atomic E-state index is 0.481. The van der Waals surface area contributed by atoms with Crippen LogP contribution >= 0.6 is 0 Å². The lowest BCUT2D eigenvalue weighted by molar-refractivity contribution is 0.125. The monoisotopic (exact) mass is 252 g/mol. The van der Waals surface area contributed by atoms with E-state index >= 15 is 0 Å². The number of hydrogen-bond donors (Lipinski definition) is 1. The highest BCUT2D eigenvalue weighted by atomic mass is 15.1. The standard InChI is InChI=1S/C16H32N2/c1-2-3-7-14-8-6-11-18(12-14)13-15-9-4-5-10-16(15)17/h14-16H,2-13,17H2,1H3/t14?,15-,16-/m1/s1. The molecule has 0 spiro atoms. The lowest BCUT2D eigenvalue weighted by atomic mass is 9.84. The summed E-state index contributed by atoms with van der Waals surface area (Å²) in [5.41, 5.74) is 6.28. The molecule has 0 aromatic heterocycles. The van der Waals surface area contributed by atoms with Crippen LogP contribution in [0.4, 0.5) is 0 Å². The predicted octanol–water partition coefficient (Wildman–Crippen LogP) is 3.41. The van der Waals surface area contributed by atoms with Crippen molar-refractivity contribution in [3.63, 3.8) is 0 Å². The Morgan fingerprint density at radius 3 is 2.72 bits per heavy atom. The van der Waals surface area contributed by atoms with Gasteiger partial charge in [-0.2, -0.15) is 0 Å². The molecule has 1 aliphatic carbocycles. The van der Waals surface area contributed by atoms with E-state index in [1.54, 1.807) is 0 Å². The number of rotatable bonds is 5. The molecule has 2 heteroatoms. The summed E-state index contributed by atoms with van der Waals surface area (Å²) in [6, 6.07) is 0.481. The van der Waals surface area contributed by atoms with Crippen LogP contribution in [0, 0.1) is 11.8 Å². The molecule has 0 amide bonds. The first-order chi connectivity index (χ1) is 8.79. The lowest BCUT2D eigenvalue weighted by Gasteiger charge is -2.38. The third-order valence-electron chi connectivity index (χ3n) is 5.03. The van der Waals surface area contributed by atoms with Crippen LogP contribution in [0.25, 0.3) is 0 Å². The van der Waals surface area contributed by atoms with Gasteiger partial charge in [0.1, 0.15) is 0 Å². The molecule has 1 saturated carbocycles. The van der Waals surface area contributed by atoms with E-state index in [1.165, 1.54) is 77.4 Å². The van der Waals surface area contributed by atoms with E-state index in [0.717, 1.165) is 11.8 Å². The van der Waals surface area contributed by atoms with Gasteiger partial charge < -0.3 is 10.6 Å². The zero-order valence-electron chi connectivity index (χ0n) is 12.2. The Kier molecular flexibility index (Phi) is 5.97. The molecule has 106 valence electrons. The summed E-state index contributed by atoms with van der Waals surface area (Å²) in [4.78, 5) is 2.72. The zero-order chi connectivity index (χ0) is 12.8. The van der Waals surface area contributed by atoms with E-state index in [1.807, 2.05) is 0 Å². The number of piperidine rings is 1. The van der Waals surface area contributed by atoms with Crippen molar-refractivity contribution in [3.8, 4) is 0 Å². The summed E-state index contributed by atoms with van der Waals surface area (Å²) in [7, 11) is 0. The first-order valence-electron chi connectivity index (χ1n) is 8.27. The molecule has 2 nitrogen and oxygen atoms in total. The van der Waals surface area contributed by atoms with Crippen LogP contribution in [-0.4, -0.2) is 30.6 Å². The number of nitrogens with two attached hydrogens (primary N) is 1. The third kappa shape index (κ3) is 4.24. The first-order valence-corrected chi connectivity index (χ1v) is 8.27. The Morgan fingerprint density at radius 2 is 1.94 bits per heavy atom. The molecule has 3 atom stereocenters. The van der Waals surface area contributed by atoms with Gasteiger partial charge in [0.2, 0.25) is 0 Å². The molecule has 1 aliphatic heterocycles. The van der Waals surface area contributed by atoms with Crippen LogP contribution in [0.5, 0.6) is 0 Å². The smallest absolute Gasteiger partial charge is 0.00793 e. The summed E-state index contributed by atoms with van der Waals surface area (Å²) in [5, 5.41) is 0. The van der Waals surface area contributed by atoms with E-state index in [2.05, 4.69) is 11.8 Å². The third-order valence-corrected chi connectivity index (χ3v) is 5.03. The van der Waals surface area contributed by atoms with Crippen molar-refractivity contribution in [1.29, 1.82) is 0 Å². The molecular weight excluding hydrogens is 220 g/mol. The average molecular weight is 252 g/mol. The fourth-order valence-electron chi connectivity index (χ4n) is 3.84. The van der Waals surface area contributed by atoms with Gasteiger partial charge in [0, 0.05) is 19.1 Å². The molecule has 1 saturated heterocycles. The first kappa shape index (κ1) is 14.3. The Bertz CT molecular complexity index is 229. The maximum atomic E-state index is 6.28. The van der Waals surface area contributed by atoms with E-state index in [-0.39, 0.29) is 0 Å². The van der Waals surface area contributed by atoms with Gasteiger partial charge in [-0.1, -0.05) is 32.6 Å². The Hall–Kier alpha value is -0.0800. The van der Waals surface area contributed by atoms with Gasteiger partial charge in [0.15, 0.2) is 0 Å². The highest BCUT2D eigenvalue weighted by Crippen LogP contribution is 2.27. The minimum absolute atomic E-state index is 0.481. The molecule has 2 fully saturated rings. The normalized spacial score (nSPS) is 34.7. The van der Waals surface area contributed by atoms with Crippen molar-refractivity contribution in [2.75, 3.05) is 19.6 Å². The summed E-state index contributed by atoms with van der Waals surface area (Å²) >= 11 is 0. The van der Waals surface area contributed by atoms with Crippen LogP contribution < -0.4 is 5.73 Å². The largest absolute Gasteiger partial charge is 0.327 e. The Morgan fingerprint density at radius 1 is 1.11 bits per heavy atom. The van der Waals surface area contributed by atoms with Gasteiger partial charge in [-0.15, -0.1) is 0 Å². The van der Waals surface area contributed by atoms with Crippen molar-refractivity contribution in [2.45, 2.75) is 70.8 Å². The topological polar surface area (TPSA) is 29.3 Å². The molecule has 0 aromatic carbocycles. The molecule has 0 bridgehead atoms. The molecule has 2 aliphatic rings. The maximum absolute atomic E-state index is 6.28. The summed E-state index contributed by atoms with van der Waals surface area (Å²) in [5.74, 6) is 1.75. The lowest BCUT2D eigenvalue weighted by Crippen LogP contribution is -2.44. The van der Waals surface area contributed by atoms with Crippen molar-refractivity contribution in [3.05, 3.63) is 0 Å². The summed E-state index contributed by atoms with van der Waals surface area (Å²) < 4.78 is 0. The fourth-order valence-corrected chi connectivity index (χ4v) is 3.84. The minimum Gasteiger partial charge on any atom is -0.327 e. The van der Waals surface area contributed by atoms with Gasteiger partial charge in [-0.3, -0.25) is 0 Å².